The van der Waals surface area contributed by atoms with E-state index in [0.29, 0.717) is 5.56 Å². The van der Waals surface area contributed by atoms with Crippen molar-refractivity contribution in [2.75, 3.05) is 12.5 Å². The summed E-state index contributed by atoms with van der Waals surface area (Å²) in [5.41, 5.74) is 0.237. The quantitative estimate of drug-likeness (QED) is 0.397. The number of amides is 1. The number of hydrogen-bond donors (Lipinski definition) is 3. The van der Waals surface area contributed by atoms with E-state index in [4.69, 9.17) is 16.7 Å². The number of nitrogens with one attached hydrogen (secondary N) is 1. The zero-order valence-electron chi connectivity index (χ0n) is 9.82. The highest BCUT2D eigenvalue weighted by molar-refractivity contribution is 6.27. The van der Waals surface area contributed by atoms with Crippen molar-refractivity contribution in [2.24, 2.45) is 0 Å². The molecule has 0 heterocycles. The number of benzene rings is 1. The fourth-order valence-electron chi connectivity index (χ4n) is 1.50. The number of nitro benzene ring substituents is 1. The number of nitrogens with zero attached hydrogens (tertiary/aromatic N) is 1. The van der Waals surface area contributed by atoms with Gasteiger partial charge in [0.15, 0.2) is 0 Å². The van der Waals surface area contributed by atoms with E-state index in [2.05, 4.69) is 5.32 Å². The van der Waals surface area contributed by atoms with Gasteiger partial charge in [0.05, 0.1) is 17.6 Å². The van der Waals surface area contributed by atoms with Gasteiger partial charge in [0.2, 0.25) is 5.91 Å². The van der Waals surface area contributed by atoms with Crippen LogP contribution in [0.2, 0.25) is 0 Å². The van der Waals surface area contributed by atoms with Crippen molar-refractivity contribution in [3.63, 3.8) is 0 Å². The third-order valence-corrected chi connectivity index (χ3v) is 2.73. The molecule has 1 aromatic carbocycles. The number of rotatable bonds is 6. The summed E-state index contributed by atoms with van der Waals surface area (Å²) in [5, 5.41) is 31.9. The van der Waals surface area contributed by atoms with E-state index in [-0.39, 0.29) is 11.6 Å². The van der Waals surface area contributed by atoms with Crippen LogP contribution in [0.15, 0.2) is 24.3 Å². The first-order valence-electron chi connectivity index (χ1n) is 5.38. The smallest absolute Gasteiger partial charge is 0.269 e. The molecular formula is C11H13ClN2O5. The Kier molecular flexibility index (Phi) is 5.68. The van der Waals surface area contributed by atoms with E-state index in [1.807, 2.05) is 0 Å². The van der Waals surface area contributed by atoms with Crippen LogP contribution in [0, 0.1) is 10.1 Å². The van der Waals surface area contributed by atoms with Crippen LogP contribution < -0.4 is 5.32 Å². The molecule has 3 N–H and O–H groups in total. The number of alkyl halides is 1. The molecule has 0 bridgehead atoms. The number of non-ortho nitro benzene ring substituents is 1. The van der Waals surface area contributed by atoms with Crippen molar-refractivity contribution >= 4 is 23.2 Å². The van der Waals surface area contributed by atoms with Gasteiger partial charge in [-0.05, 0) is 17.7 Å². The lowest BCUT2D eigenvalue weighted by Crippen LogP contribution is -2.42. The number of nitro groups is 1. The standard InChI is InChI=1S/C11H13ClN2O5/c12-5-10(16)13-9(6-15)11(17)7-1-3-8(4-2-7)14(18)19/h1-4,9,11,15,17H,5-6H2,(H,13,16)/t9-,11-/m0/s1. The second-order valence-electron chi connectivity index (χ2n) is 3.78. The molecule has 7 nitrogen and oxygen atoms in total. The number of aliphatic hydroxyl groups excluding tert-OH is 2. The lowest BCUT2D eigenvalue weighted by molar-refractivity contribution is -0.384. The Morgan fingerprint density at radius 2 is 2.00 bits per heavy atom. The van der Waals surface area contributed by atoms with Gasteiger partial charge in [-0.15, -0.1) is 11.6 Å². The maximum absolute atomic E-state index is 11.1. The summed E-state index contributed by atoms with van der Waals surface area (Å²) < 4.78 is 0. The average Bonchev–Trinajstić information content (AvgIpc) is 2.43. The van der Waals surface area contributed by atoms with E-state index in [1.54, 1.807) is 0 Å². The molecule has 0 aromatic heterocycles. The van der Waals surface area contributed by atoms with Crippen LogP contribution in [0.25, 0.3) is 0 Å². The minimum absolute atomic E-state index is 0.110. The summed E-state index contributed by atoms with van der Waals surface area (Å²) in [6.45, 7) is -0.485. The Morgan fingerprint density at radius 3 is 2.42 bits per heavy atom. The van der Waals surface area contributed by atoms with E-state index < -0.39 is 29.6 Å². The van der Waals surface area contributed by atoms with E-state index in [1.165, 1.54) is 24.3 Å². The summed E-state index contributed by atoms with van der Waals surface area (Å²) in [6.07, 6.45) is -1.18. The Balaban J connectivity index is 2.81. The van der Waals surface area contributed by atoms with Gasteiger partial charge in [0.25, 0.3) is 5.69 Å². The largest absolute Gasteiger partial charge is 0.394 e. The maximum atomic E-state index is 11.1. The fourth-order valence-corrected chi connectivity index (χ4v) is 1.57. The zero-order chi connectivity index (χ0) is 14.4. The SMILES string of the molecule is O=C(CCl)N[C@@H](CO)[C@@H](O)c1ccc([N+](=O)[O-])cc1. The molecular weight excluding hydrogens is 276 g/mol. The molecule has 104 valence electrons. The third-order valence-electron chi connectivity index (χ3n) is 2.49. The second kappa shape index (κ2) is 7.03. The Labute approximate surface area is 114 Å². The Bertz CT molecular complexity index is 451. The van der Waals surface area contributed by atoms with Crippen LogP contribution in [-0.2, 0) is 4.79 Å². The summed E-state index contributed by atoms with van der Waals surface area (Å²) in [7, 11) is 0. The molecule has 19 heavy (non-hydrogen) atoms. The van der Waals surface area contributed by atoms with Crippen LogP contribution in [0.1, 0.15) is 11.7 Å². The third kappa shape index (κ3) is 4.16. The number of aliphatic hydroxyl groups is 2. The van der Waals surface area contributed by atoms with Crippen molar-refractivity contribution in [3.05, 3.63) is 39.9 Å². The van der Waals surface area contributed by atoms with Gasteiger partial charge in [-0.25, -0.2) is 0 Å². The molecule has 8 heteroatoms. The summed E-state index contributed by atoms with van der Waals surface area (Å²) in [4.78, 5) is 21.0. The monoisotopic (exact) mass is 288 g/mol. The lowest BCUT2D eigenvalue weighted by Gasteiger charge is -2.22. The first kappa shape index (κ1) is 15.4. The van der Waals surface area contributed by atoms with Gasteiger partial charge < -0.3 is 15.5 Å². The molecule has 2 atom stereocenters. The first-order chi connectivity index (χ1) is 8.99. The van der Waals surface area contributed by atoms with Crippen LogP contribution in [0.5, 0.6) is 0 Å². The maximum Gasteiger partial charge on any atom is 0.269 e. The predicted molar refractivity (Wildman–Crippen MR) is 67.8 cm³/mol. The summed E-state index contributed by atoms with van der Waals surface area (Å²) in [6, 6.07) is 4.26. The summed E-state index contributed by atoms with van der Waals surface area (Å²) in [5.74, 6) is -0.814. The normalized spacial score (nSPS) is 13.6. The Hall–Kier alpha value is -1.70. The Morgan fingerprint density at radius 1 is 1.42 bits per heavy atom. The molecule has 0 aliphatic rings. The highest BCUT2D eigenvalue weighted by Crippen LogP contribution is 2.20. The van der Waals surface area contributed by atoms with E-state index in [0.717, 1.165) is 0 Å². The number of halogens is 1. The zero-order valence-corrected chi connectivity index (χ0v) is 10.6. The van der Waals surface area contributed by atoms with Gasteiger partial charge in [-0.1, -0.05) is 0 Å². The van der Waals surface area contributed by atoms with Crippen LogP contribution in [0.3, 0.4) is 0 Å². The second-order valence-corrected chi connectivity index (χ2v) is 4.05. The van der Waals surface area contributed by atoms with Gasteiger partial charge in [-0.3, -0.25) is 14.9 Å². The number of carbonyl (C=O) groups is 1. The number of carbonyl (C=O) groups excluding carboxylic acids is 1. The summed E-state index contributed by atoms with van der Waals surface area (Å²) >= 11 is 5.31. The molecule has 1 amide bonds. The molecule has 0 radical (unpaired) electrons. The average molecular weight is 289 g/mol. The minimum atomic E-state index is -1.18. The fraction of sp³-hybridized carbons (Fsp3) is 0.364. The molecule has 0 saturated carbocycles. The van der Waals surface area contributed by atoms with E-state index >= 15 is 0 Å². The molecule has 1 rings (SSSR count). The molecule has 0 aliphatic carbocycles. The highest BCUT2D eigenvalue weighted by Gasteiger charge is 2.22. The molecule has 0 unspecified atom stereocenters. The first-order valence-corrected chi connectivity index (χ1v) is 5.91. The molecule has 0 aliphatic heterocycles. The van der Waals surface area contributed by atoms with Gasteiger partial charge >= 0.3 is 0 Å². The van der Waals surface area contributed by atoms with Gasteiger partial charge in [-0.2, -0.15) is 0 Å². The van der Waals surface area contributed by atoms with Crippen LogP contribution in [0.4, 0.5) is 5.69 Å². The van der Waals surface area contributed by atoms with Crippen molar-refractivity contribution < 1.29 is 19.9 Å². The van der Waals surface area contributed by atoms with Crippen LogP contribution >= 0.6 is 11.6 Å². The van der Waals surface area contributed by atoms with E-state index in [9.17, 15) is 20.0 Å². The lowest BCUT2D eigenvalue weighted by atomic mass is 10.0. The van der Waals surface area contributed by atoms with Crippen LogP contribution in [-0.4, -0.2) is 39.6 Å². The van der Waals surface area contributed by atoms with Gasteiger partial charge in [0, 0.05) is 12.1 Å². The van der Waals surface area contributed by atoms with Crippen molar-refractivity contribution in [1.82, 2.24) is 5.32 Å². The molecule has 1 aromatic rings. The van der Waals surface area contributed by atoms with Crippen molar-refractivity contribution in [3.8, 4) is 0 Å². The predicted octanol–water partition coefficient (Wildman–Crippen LogP) is 0.344. The topological polar surface area (TPSA) is 113 Å². The number of hydrogen-bond acceptors (Lipinski definition) is 5. The molecule has 0 fully saturated rings. The molecule has 0 spiro atoms. The van der Waals surface area contributed by atoms with Gasteiger partial charge in [0.1, 0.15) is 12.0 Å². The van der Waals surface area contributed by atoms with Crippen molar-refractivity contribution in [2.45, 2.75) is 12.1 Å². The molecule has 0 saturated heterocycles. The minimum Gasteiger partial charge on any atom is -0.394 e. The highest BCUT2D eigenvalue weighted by atomic mass is 35.5. The van der Waals surface area contributed by atoms with Crippen molar-refractivity contribution in [1.29, 1.82) is 0 Å².